The van der Waals surface area contributed by atoms with Crippen LogP contribution in [0.5, 0.6) is 0 Å². The topological polar surface area (TPSA) is 24.5 Å². The Kier molecular flexibility index (Phi) is 9.99. The van der Waals surface area contributed by atoms with Crippen molar-refractivity contribution in [1.29, 1.82) is 0 Å². The highest BCUT2D eigenvalue weighted by Crippen LogP contribution is 2.09. The normalized spacial score (nSPS) is 13.7. The predicted molar refractivity (Wildman–Crippen MR) is 70.9 cm³/mol. The summed E-state index contributed by atoms with van der Waals surface area (Å²) in [7, 11) is 1.77. The van der Waals surface area contributed by atoms with Gasteiger partial charge in [-0.25, -0.2) is 0 Å². The maximum absolute atomic E-state index is 5.17. The molecule has 1 N–H and O–H groups in total. The van der Waals surface area contributed by atoms with E-state index in [-0.39, 0.29) is 0 Å². The summed E-state index contributed by atoms with van der Waals surface area (Å²) in [6, 6.07) is 0.617. The fourth-order valence-electron chi connectivity index (χ4n) is 1.98. The number of methoxy groups -OCH3 is 1. The Morgan fingerprint density at radius 2 is 1.94 bits per heavy atom. The molecule has 0 aromatic rings. The molecule has 1 atom stereocenters. The first-order valence-electron chi connectivity index (χ1n) is 6.61. The molecule has 16 heavy (non-hydrogen) atoms. The highest BCUT2D eigenvalue weighted by atomic mass is 16.5. The molecule has 0 aliphatic heterocycles. The van der Waals surface area contributed by atoms with Gasteiger partial charge in [-0.3, -0.25) is 4.90 Å². The zero-order valence-corrected chi connectivity index (χ0v) is 11.8. The summed E-state index contributed by atoms with van der Waals surface area (Å²) in [5.74, 6) is 0.682. The first kappa shape index (κ1) is 15.9. The smallest absolute Gasteiger partial charge is 0.0589 e. The summed E-state index contributed by atoms with van der Waals surface area (Å²) < 4.78 is 5.17. The summed E-state index contributed by atoms with van der Waals surface area (Å²) in [5, 5.41) is 3.53. The maximum Gasteiger partial charge on any atom is 0.0589 e. The van der Waals surface area contributed by atoms with Crippen LogP contribution in [0.3, 0.4) is 0 Å². The summed E-state index contributed by atoms with van der Waals surface area (Å²) in [6.45, 7) is 14.2. The number of hydrogen-bond donors (Lipinski definition) is 1. The van der Waals surface area contributed by atoms with Gasteiger partial charge in [0.1, 0.15) is 0 Å². The number of nitrogens with one attached hydrogen (secondary N) is 1. The molecule has 3 nitrogen and oxygen atoms in total. The van der Waals surface area contributed by atoms with Crippen LogP contribution in [0.2, 0.25) is 0 Å². The van der Waals surface area contributed by atoms with Crippen molar-refractivity contribution in [3.8, 4) is 0 Å². The van der Waals surface area contributed by atoms with E-state index >= 15 is 0 Å². The van der Waals surface area contributed by atoms with Crippen molar-refractivity contribution in [1.82, 2.24) is 10.2 Å². The largest absolute Gasteiger partial charge is 0.383 e. The number of ether oxygens (including phenoxy) is 1. The second-order valence-electron chi connectivity index (χ2n) is 4.64. The molecule has 0 radical (unpaired) electrons. The number of likely N-dealkylation sites (N-methyl/N-ethyl adjacent to an activating group) is 1. The minimum Gasteiger partial charge on any atom is -0.383 e. The molecule has 3 heteroatoms. The first-order valence-corrected chi connectivity index (χ1v) is 6.61. The molecule has 0 rings (SSSR count). The van der Waals surface area contributed by atoms with E-state index in [2.05, 4.69) is 37.9 Å². The minimum atomic E-state index is 0.617. The summed E-state index contributed by atoms with van der Waals surface area (Å²) in [6.07, 6.45) is 1.20. The van der Waals surface area contributed by atoms with Gasteiger partial charge in [-0.05, 0) is 25.4 Å². The van der Waals surface area contributed by atoms with Crippen LogP contribution in [0, 0.1) is 5.92 Å². The SMILES string of the molecule is CCCNCC(C(C)C)N(CC)CCOC. The van der Waals surface area contributed by atoms with E-state index in [4.69, 9.17) is 4.74 Å². The van der Waals surface area contributed by atoms with Crippen molar-refractivity contribution in [3.05, 3.63) is 0 Å². The molecule has 0 bridgehead atoms. The third-order valence-electron chi connectivity index (χ3n) is 3.01. The van der Waals surface area contributed by atoms with Gasteiger partial charge in [0.2, 0.25) is 0 Å². The molecule has 0 amide bonds. The van der Waals surface area contributed by atoms with Crippen LogP contribution in [0.1, 0.15) is 34.1 Å². The fraction of sp³-hybridized carbons (Fsp3) is 1.00. The van der Waals surface area contributed by atoms with Gasteiger partial charge in [-0.2, -0.15) is 0 Å². The molecule has 0 heterocycles. The van der Waals surface area contributed by atoms with Crippen molar-refractivity contribution < 1.29 is 4.74 Å². The van der Waals surface area contributed by atoms with Gasteiger partial charge in [-0.15, -0.1) is 0 Å². The minimum absolute atomic E-state index is 0.617. The Bertz CT molecular complexity index is 151. The van der Waals surface area contributed by atoms with Crippen LogP contribution in [0.25, 0.3) is 0 Å². The van der Waals surface area contributed by atoms with E-state index in [0.717, 1.165) is 32.8 Å². The number of nitrogens with zero attached hydrogens (tertiary/aromatic N) is 1. The van der Waals surface area contributed by atoms with Crippen LogP contribution in [0.15, 0.2) is 0 Å². The van der Waals surface area contributed by atoms with Gasteiger partial charge in [0, 0.05) is 26.2 Å². The Morgan fingerprint density at radius 1 is 1.25 bits per heavy atom. The molecule has 0 aliphatic carbocycles. The third kappa shape index (κ3) is 6.46. The highest BCUT2D eigenvalue weighted by Gasteiger charge is 2.19. The van der Waals surface area contributed by atoms with Crippen molar-refractivity contribution >= 4 is 0 Å². The second-order valence-corrected chi connectivity index (χ2v) is 4.64. The molecular formula is C13H30N2O. The summed E-state index contributed by atoms with van der Waals surface area (Å²) >= 11 is 0. The molecular weight excluding hydrogens is 200 g/mol. The highest BCUT2D eigenvalue weighted by molar-refractivity contribution is 4.76. The zero-order chi connectivity index (χ0) is 12.4. The van der Waals surface area contributed by atoms with Crippen molar-refractivity contribution in [2.24, 2.45) is 5.92 Å². The van der Waals surface area contributed by atoms with Crippen molar-refractivity contribution in [3.63, 3.8) is 0 Å². The standard InChI is InChI=1S/C13H30N2O/c1-6-8-14-11-13(12(3)4)15(7-2)9-10-16-5/h12-14H,6-11H2,1-5H3. The van der Waals surface area contributed by atoms with Crippen molar-refractivity contribution in [2.75, 3.05) is 39.9 Å². The van der Waals surface area contributed by atoms with Gasteiger partial charge < -0.3 is 10.1 Å². The van der Waals surface area contributed by atoms with Crippen LogP contribution in [0.4, 0.5) is 0 Å². The van der Waals surface area contributed by atoms with Gasteiger partial charge in [0.05, 0.1) is 6.61 Å². The quantitative estimate of drug-likeness (QED) is 0.581. The van der Waals surface area contributed by atoms with Crippen LogP contribution in [-0.4, -0.2) is 50.8 Å². The summed E-state index contributed by atoms with van der Waals surface area (Å²) in [4.78, 5) is 2.51. The average molecular weight is 230 g/mol. The Labute approximate surface area is 102 Å². The third-order valence-corrected chi connectivity index (χ3v) is 3.01. The lowest BCUT2D eigenvalue weighted by molar-refractivity contribution is 0.104. The van der Waals surface area contributed by atoms with E-state index in [1.54, 1.807) is 7.11 Å². The predicted octanol–water partition coefficient (Wildman–Crippen LogP) is 1.98. The zero-order valence-electron chi connectivity index (χ0n) is 11.8. The molecule has 0 aliphatic rings. The molecule has 0 aromatic carbocycles. The second kappa shape index (κ2) is 10.1. The molecule has 0 spiro atoms. The molecule has 0 aromatic heterocycles. The van der Waals surface area contributed by atoms with E-state index in [1.807, 2.05) is 0 Å². The Morgan fingerprint density at radius 3 is 2.38 bits per heavy atom. The van der Waals surface area contributed by atoms with Gasteiger partial charge >= 0.3 is 0 Å². The molecule has 98 valence electrons. The average Bonchev–Trinajstić information content (AvgIpc) is 2.27. The van der Waals surface area contributed by atoms with Crippen LogP contribution in [-0.2, 0) is 4.74 Å². The van der Waals surface area contributed by atoms with E-state index in [9.17, 15) is 0 Å². The lowest BCUT2D eigenvalue weighted by atomic mass is 10.0. The van der Waals surface area contributed by atoms with E-state index < -0.39 is 0 Å². The Balaban J connectivity index is 4.12. The molecule has 0 fully saturated rings. The van der Waals surface area contributed by atoms with Gasteiger partial charge in [-0.1, -0.05) is 27.7 Å². The monoisotopic (exact) mass is 230 g/mol. The summed E-state index contributed by atoms with van der Waals surface area (Å²) in [5.41, 5.74) is 0. The maximum atomic E-state index is 5.17. The molecule has 0 saturated heterocycles. The number of hydrogen-bond acceptors (Lipinski definition) is 3. The molecule has 1 unspecified atom stereocenters. The van der Waals surface area contributed by atoms with Gasteiger partial charge in [0.15, 0.2) is 0 Å². The molecule has 0 saturated carbocycles. The Hall–Kier alpha value is -0.120. The number of rotatable bonds is 10. The van der Waals surface area contributed by atoms with Gasteiger partial charge in [0.25, 0.3) is 0 Å². The van der Waals surface area contributed by atoms with Crippen LogP contribution < -0.4 is 5.32 Å². The lowest BCUT2D eigenvalue weighted by Gasteiger charge is -2.33. The van der Waals surface area contributed by atoms with E-state index in [0.29, 0.717) is 12.0 Å². The first-order chi connectivity index (χ1) is 7.67. The fourth-order valence-corrected chi connectivity index (χ4v) is 1.98. The van der Waals surface area contributed by atoms with E-state index in [1.165, 1.54) is 6.42 Å². The van der Waals surface area contributed by atoms with Crippen molar-refractivity contribution in [2.45, 2.75) is 40.2 Å². The van der Waals surface area contributed by atoms with Crippen LogP contribution >= 0.6 is 0 Å². The lowest BCUT2D eigenvalue weighted by Crippen LogP contribution is -2.47.